The smallest absolute Gasteiger partial charge is 0.303 e. The topological polar surface area (TPSA) is 161 Å². The Morgan fingerprint density at radius 3 is 2.00 bits per heavy atom. The van der Waals surface area contributed by atoms with Gasteiger partial charge in [0.25, 0.3) is 11.8 Å². The summed E-state index contributed by atoms with van der Waals surface area (Å²) in [5, 5.41) is 24.5. The molecule has 3 aliphatic heterocycles. The fourth-order valence-corrected chi connectivity index (χ4v) is 5.33. The standard InChI is InChI=1S/C33H34N4O6/c1-7-20-19(6)32(42)37-27(20)14-25-18(5)23(10-12-31(40)41)29(35-25)15-28-22(9-11-30(38)39)17(4)24(34-28)13-26-16(3)21(8-2)33(43)36-26/h7-8,13-15,35H,1-2,9-12H2,3-6H3,(H,36,43)(H,37,42)(H,38,39)(H,40,41). The normalized spacial score (nSPS) is 19.6. The van der Waals surface area contributed by atoms with E-state index in [-0.39, 0.29) is 37.5 Å². The van der Waals surface area contributed by atoms with Gasteiger partial charge in [0.15, 0.2) is 0 Å². The number of hydrogen-bond acceptors (Lipinski definition) is 5. The number of aromatic amines is 1. The summed E-state index contributed by atoms with van der Waals surface area (Å²) >= 11 is 0. The molecule has 0 fully saturated rings. The first kappa shape index (κ1) is 30.7. The minimum atomic E-state index is -0.948. The number of carboxylic acid groups (broad SMARTS) is 2. The molecule has 0 aliphatic carbocycles. The average Bonchev–Trinajstić information content (AvgIpc) is 3.59. The lowest BCUT2D eigenvalue weighted by Gasteiger charge is -2.06. The number of aliphatic imine (C=N–C) groups is 1. The van der Waals surface area contributed by atoms with E-state index < -0.39 is 11.9 Å². The highest BCUT2D eigenvalue weighted by atomic mass is 16.4. The Morgan fingerprint density at radius 1 is 0.767 bits per heavy atom. The molecule has 4 heterocycles. The molecule has 5 N–H and O–H groups in total. The first-order chi connectivity index (χ1) is 20.4. The Kier molecular flexibility index (Phi) is 8.80. The molecule has 0 aromatic carbocycles. The Bertz CT molecular complexity index is 1720. The van der Waals surface area contributed by atoms with Crippen LogP contribution in [0.2, 0.25) is 0 Å². The van der Waals surface area contributed by atoms with Crippen LogP contribution in [0.3, 0.4) is 0 Å². The fraction of sp³-hybridized carbons (Fsp3) is 0.242. The molecule has 0 radical (unpaired) electrons. The number of nitrogens with one attached hydrogen (secondary N) is 3. The van der Waals surface area contributed by atoms with Crippen molar-refractivity contribution >= 4 is 41.6 Å². The van der Waals surface area contributed by atoms with Gasteiger partial charge in [-0.25, -0.2) is 4.99 Å². The van der Waals surface area contributed by atoms with E-state index in [1.807, 2.05) is 20.8 Å². The summed E-state index contributed by atoms with van der Waals surface area (Å²) < 4.78 is 0. The van der Waals surface area contributed by atoms with E-state index in [1.165, 1.54) is 6.08 Å². The molecule has 222 valence electrons. The van der Waals surface area contributed by atoms with Crippen LogP contribution < -0.4 is 10.6 Å². The van der Waals surface area contributed by atoms with Gasteiger partial charge in [0.05, 0.1) is 17.1 Å². The molecule has 10 heteroatoms. The van der Waals surface area contributed by atoms with E-state index in [4.69, 9.17) is 4.99 Å². The molecule has 3 aliphatic rings. The fourth-order valence-electron chi connectivity index (χ4n) is 5.33. The van der Waals surface area contributed by atoms with Gasteiger partial charge in [0.2, 0.25) is 0 Å². The number of aliphatic carboxylic acids is 2. The Balaban J connectivity index is 1.85. The van der Waals surface area contributed by atoms with E-state index in [1.54, 1.807) is 31.2 Å². The summed E-state index contributed by atoms with van der Waals surface area (Å²) in [5.74, 6) is -2.36. The van der Waals surface area contributed by atoms with E-state index in [0.717, 1.165) is 27.8 Å². The predicted molar refractivity (Wildman–Crippen MR) is 165 cm³/mol. The first-order valence-corrected chi connectivity index (χ1v) is 13.8. The number of carbonyl (C=O) groups is 4. The Labute approximate surface area is 249 Å². The van der Waals surface area contributed by atoms with Gasteiger partial charge in [-0.05, 0) is 86.6 Å². The highest BCUT2D eigenvalue weighted by Crippen LogP contribution is 2.34. The molecular formula is C33H34N4O6. The highest BCUT2D eigenvalue weighted by molar-refractivity contribution is 6.14. The van der Waals surface area contributed by atoms with Gasteiger partial charge in [-0.2, -0.15) is 0 Å². The van der Waals surface area contributed by atoms with Gasteiger partial charge < -0.3 is 25.8 Å². The monoisotopic (exact) mass is 582 g/mol. The molecule has 43 heavy (non-hydrogen) atoms. The molecular weight excluding hydrogens is 548 g/mol. The van der Waals surface area contributed by atoms with Gasteiger partial charge in [-0.15, -0.1) is 0 Å². The van der Waals surface area contributed by atoms with Crippen LogP contribution in [0.4, 0.5) is 0 Å². The second-order valence-corrected chi connectivity index (χ2v) is 10.5. The number of H-pyrrole nitrogens is 1. The van der Waals surface area contributed by atoms with Crippen LogP contribution in [0.5, 0.6) is 0 Å². The third-order valence-electron chi connectivity index (χ3n) is 7.86. The van der Waals surface area contributed by atoms with Crippen LogP contribution in [0.1, 0.15) is 62.5 Å². The van der Waals surface area contributed by atoms with Crippen molar-refractivity contribution in [1.29, 1.82) is 0 Å². The number of carboxylic acids is 2. The number of carbonyl (C=O) groups excluding carboxylic acids is 2. The van der Waals surface area contributed by atoms with Crippen molar-refractivity contribution in [2.75, 3.05) is 0 Å². The summed E-state index contributed by atoms with van der Waals surface area (Å²) in [6.07, 6.45) is 8.72. The van der Waals surface area contributed by atoms with Crippen molar-refractivity contribution in [1.82, 2.24) is 15.6 Å². The van der Waals surface area contributed by atoms with Crippen molar-refractivity contribution in [3.05, 3.63) is 104 Å². The van der Waals surface area contributed by atoms with Gasteiger partial charge in [-0.1, -0.05) is 25.3 Å². The van der Waals surface area contributed by atoms with Crippen molar-refractivity contribution < 1.29 is 29.4 Å². The second kappa shape index (κ2) is 12.3. The van der Waals surface area contributed by atoms with E-state index in [0.29, 0.717) is 50.9 Å². The molecule has 10 nitrogen and oxygen atoms in total. The zero-order valence-electron chi connectivity index (χ0n) is 24.6. The minimum absolute atomic E-state index is 0.100. The lowest BCUT2D eigenvalue weighted by atomic mass is 9.98. The van der Waals surface area contributed by atoms with Crippen LogP contribution in [-0.4, -0.2) is 44.7 Å². The maximum absolute atomic E-state index is 12.3. The first-order valence-electron chi connectivity index (χ1n) is 13.8. The van der Waals surface area contributed by atoms with Gasteiger partial charge in [0.1, 0.15) is 0 Å². The third kappa shape index (κ3) is 6.18. The molecule has 0 saturated heterocycles. The number of allylic oxidation sites excluding steroid dienone is 5. The minimum Gasteiger partial charge on any atom is -0.481 e. The maximum Gasteiger partial charge on any atom is 0.303 e. The molecule has 0 spiro atoms. The SMILES string of the molecule is C=CC1=C(C)C(=CC2=NC(=Cc3[nH]c(C=C4NC(=O)C(C)=C4C=C)c(C)c3CCC(=O)O)C(CCC(=O)O)=C2C)NC1=O. The number of nitrogens with zero attached hydrogens (tertiary/aromatic N) is 1. The molecule has 0 bridgehead atoms. The third-order valence-corrected chi connectivity index (χ3v) is 7.86. The van der Waals surface area contributed by atoms with E-state index >= 15 is 0 Å². The zero-order chi connectivity index (χ0) is 31.6. The Hall–Kier alpha value is -5.25. The second-order valence-electron chi connectivity index (χ2n) is 10.5. The molecule has 1 aromatic rings. The number of amides is 2. The van der Waals surface area contributed by atoms with Gasteiger partial charge in [0, 0.05) is 46.6 Å². The molecule has 1 aromatic heterocycles. The summed E-state index contributed by atoms with van der Waals surface area (Å²) in [7, 11) is 0. The summed E-state index contributed by atoms with van der Waals surface area (Å²) in [4.78, 5) is 55.8. The molecule has 0 unspecified atom stereocenters. The van der Waals surface area contributed by atoms with Crippen LogP contribution >= 0.6 is 0 Å². The molecule has 4 rings (SSSR count). The van der Waals surface area contributed by atoms with Crippen molar-refractivity contribution in [2.24, 2.45) is 4.99 Å². The van der Waals surface area contributed by atoms with Crippen LogP contribution in [0.25, 0.3) is 12.2 Å². The number of aromatic nitrogens is 1. The van der Waals surface area contributed by atoms with Gasteiger partial charge >= 0.3 is 11.9 Å². The van der Waals surface area contributed by atoms with Crippen molar-refractivity contribution in [3.8, 4) is 0 Å². The summed E-state index contributed by atoms with van der Waals surface area (Å²) in [6, 6.07) is 0. The maximum atomic E-state index is 12.3. The molecule has 2 amide bonds. The number of rotatable bonds is 11. The molecule has 0 atom stereocenters. The van der Waals surface area contributed by atoms with Gasteiger partial charge in [-0.3, -0.25) is 19.2 Å². The molecule has 0 saturated carbocycles. The number of hydrogen-bond donors (Lipinski definition) is 5. The van der Waals surface area contributed by atoms with Crippen molar-refractivity contribution in [2.45, 2.75) is 53.4 Å². The summed E-state index contributed by atoms with van der Waals surface area (Å²) in [5.41, 5.74) is 9.11. The lowest BCUT2D eigenvalue weighted by molar-refractivity contribution is -0.138. The Morgan fingerprint density at radius 2 is 1.40 bits per heavy atom. The predicted octanol–water partition coefficient (Wildman–Crippen LogP) is 4.81. The van der Waals surface area contributed by atoms with Crippen molar-refractivity contribution in [3.63, 3.8) is 0 Å². The van der Waals surface area contributed by atoms with E-state index in [2.05, 4.69) is 28.8 Å². The highest BCUT2D eigenvalue weighted by Gasteiger charge is 2.27. The average molecular weight is 583 g/mol. The summed E-state index contributed by atoms with van der Waals surface area (Å²) in [6.45, 7) is 14.8. The van der Waals surface area contributed by atoms with Crippen LogP contribution in [0, 0.1) is 6.92 Å². The zero-order valence-corrected chi connectivity index (χ0v) is 24.6. The van der Waals surface area contributed by atoms with E-state index in [9.17, 15) is 29.4 Å². The largest absolute Gasteiger partial charge is 0.481 e. The van der Waals surface area contributed by atoms with Crippen LogP contribution in [0.15, 0.2) is 86.9 Å². The lowest BCUT2D eigenvalue weighted by Crippen LogP contribution is -2.16. The van der Waals surface area contributed by atoms with Crippen LogP contribution in [-0.2, 0) is 25.6 Å². The quantitative estimate of drug-likeness (QED) is 0.252.